The highest BCUT2D eigenvalue weighted by Crippen LogP contribution is 2.39. The summed E-state index contributed by atoms with van der Waals surface area (Å²) in [5.41, 5.74) is 10.9. The first kappa shape index (κ1) is 24.3. The van der Waals surface area contributed by atoms with Crippen LogP contribution >= 0.6 is 11.3 Å². The van der Waals surface area contributed by atoms with Gasteiger partial charge in [0, 0.05) is 35.4 Å². The number of carboxylic acid groups (broad SMARTS) is 1. The Hall–Kier alpha value is -4.41. The summed E-state index contributed by atoms with van der Waals surface area (Å²) in [6.45, 7) is 3.73. The number of ether oxygens (including phenoxy) is 1. The number of nitrogens with zero attached hydrogens (tertiary/aromatic N) is 3. The summed E-state index contributed by atoms with van der Waals surface area (Å²) in [6.07, 6.45) is 3.66. The second kappa shape index (κ2) is 9.57. The van der Waals surface area contributed by atoms with Crippen LogP contribution in [0.25, 0.3) is 32.8 Å². The van der Waals surface area contributed by atoms with Gasteiger partial charge in [0.05, 0.1) is 28.1 Å². The summed E-state index contributed by atoms with van der Waals surface area (Å²) in [7, 11) is 0. The number of aromatic carboxylic acids is 1. The molecule has 0 unspecified atom stereocenters. The largest absolute Gasteiger partial charge is 0.490 e. The fraction of sp³-hybridized carbons (Fsp3) is 0.148. The number of thiophene rings is 1. The van der Waals surface area contributed by atoms with Crippen molar-refractivity contribution in [2.24, 2.45) is 5.73 Å². The van der Waals surface area contributed by atoms with Crippen LogP contribution in [0.15, 0.2) is 60.9 Å². The van der Waals surface area contributed by atoms with E-state index in [0.29, 0.717) is 11.2 Å². The van der Waals surface area contributed by atoms with Crippen molar-refractivity contribution in [1.82, 2.24) is 14.1 Å². The molecule has 37 heavy (non-hydrogen) atoms. The van der Waals surface area contributed by atoms with E-state index >= 15 is 0 Å². The van der Waals surface area contributed by atoms with Crippen LogP contribution < -0.4 is 10.5 Å². The maximum atomic E-state index is 12.0. The van der Waals surface area contributed by atoms with Crippen LogP contribution in [0, 0.1) is 13.8 Å². The molecular formula is C27H24N4O5S. The monoisotopic (exact) mass is 516 g/mol. The van der Waals surface area contributed by atoms with Crippen LogP contribution in [0.3, 0.4) is 0 Å². The molecule has 5 aromatic rings. The van der Waals surface area contributed by atoms with Gasteiger partial charge in [0.15, 0.2) is 0 Å². The molecule has 9 nitrogen and oxygen atoms in total. The zero-order valence-corrected chi connectivity index (χ0v) is 21.0. The zero-order chi connectivity index (χ0) is 26.3. The number of fused-ring (bicyclic) bond motifs is 1. The summed E-state index contributed by atoms with van der Waals surface area (Å²) in [5, 5.41) is 18.8. The summed E-state index contributed by atoms with van der Waals surface area (Å²) in [5.74, 6) is -0.533. The summed E-state index contributed by atoms with van der Waals surface area (Å²) < 4.78 is 10.4. The minimum absolute atomic E-state index is 0.00642. The van der Waals surface area contributed by atoms with E-state index in [2.05, 4.69) is 11.1 Å². The van der Waals surface area contributed by atoms with Crippen molar-refractivity contribution in [3.8, 4) is 28.4 Å². The first-order valence-electron chi connectivity index (χ1n) is 11.5. The summed E-state index contributed by atoms with van der Waals surface area (Å²) >= 11 is 1.19. The van der Waals surface area contributed by atoms with E-state index in [1.807, 2.05) is 47.4 Å². The Kier molecular flexibility index (Phi) is 6.28. The van der Waals surface area contributed by atoms with E-state index in [4.69, 9.17) is 10.5 Å². The Labute approximate surface area is 216 Å². The van der Waals surface area contributed by atoms with Gasteiger partial charge in [-0.1, -0.05) is 6.07 Å². The van der Waals surface area contributed by atoms with E-state index in [0.717, 1.165) is 33.0 Å². The van der Waals surface area contributed by atoms with Crippen LogP contribution in [0.2, 0.25) is 0 Å². The molecule has 3 aromatic heterocycles. The number of benzene rings is 2. The van der Waals surface area contributed by atoms with Crippen LogP contribution in [0.5, 0.6) is 5.75 Å². The number of hydrogen-bond acceptors (Lipinski definition) is 6. The van der Waals surface area contributed by atoms with Crippen LogP contribution in [-0.2, 0) is 0 Å². The minimum atomic E-state index is -0.999. The zero-order valence-electron chi connectivity index (χ0n) is 20.1. The third-order valence-electron chi connectivity index (χ3n) is 6.13. The highest BCUT2D eigenvalue weighted by Gasteiger charge is 2.21. The second-order valence-electron chi connectivity index (χ2n) is 8.49. The molecule has 0 aliphatic carbocycles. The average molecular weight is 517 g/mol. The number of rotatable bonds is 8. The van der Waals surface area contributed by atoms with Crippen molar-refractivity contribution in [1.29, 1.82) is 0 Å². The molecule has 0 spiro atoms. The number of imidazole rings is 1. The third-order valence-corrected chi connectivity index (χ3v) is 7.19. The Bertz CT molecular complexity index is 1660. The smallest absolute Gasteiger partial charge is 0.345 e. The van der Waals surface area contributed by atoms with E-state index in [1.165, 1.54) is 11.3 Å². The van der Waals surface area contributed by atoms with Crippen LogP contribution in [0.1, 0.15) is 31.4 Å². The fourth-order valence-corrected chi connectivity index (χ4v) is 5.36. The fourth-order valence-electron chi connectivity index (χ4n) is 4.44. The van der Waals surface area contributed by atoms with Gasteiger partial charge in [-0.2, -0.15) is 0 Å². The van der Waals surface area contributed by atoms with Gasteiger partial charge in [-0.25, -0.2) is 9.78 Å². The van der Waals surface area contributed by atoms with E-state index in [9.17, 15) is 19.8 Å². The highest BCUT2D eigenvalue weighted by molar-refractivity contribution is 7.20. The minimum Gasteiger partial charge on any atom is -0.490 e. The number of aromatic nitrogens is 3. The molecule has 10 heteroatoms. The summed E-state index contributed by atoms with van der Waals surface area (Å²) in [4.78, 5) is 28.2. The SMILES string of the molecule is Cc1cc(-n2ccnc2C)ccc1-c1cc2sc(C(=O)O)cc2n1-c1ccc(C(N)=O)c(OCCO)c1. The van der Waals surface area contributed by atoms with Crippen molar-refractivity contribution in [2.75, 3.05) is 13.2 Å². The lowest BCUT2D eigenvalue weighted by molar-refractivity contribution is 0.0702. The predicted molar refractivity (Wildman–Crippen MR) is 141 cm³/mol. The second-order valence-corrected chi connectivity index (χ2v) is 9.57. The molecule has 5 rings (SSSR count). The predicted octanol–water partition coefficient (Wildman–Crippen LogP) is 4.33. The standard InChI is InChI=1S/C27H24N4O5S/c1-15-11-17(30-8-7-29-16(30)2)3-5-19(15)21-13-24-22(14-25(37-24)27(34)35)31(21)18-4-6-20(26(28)33)23(12-18)36-10-9-32/h3-8,11-14,32H,9-10H2,1-2H3,(H2,28,33)(H,34,35). The van der Waals surface area contributed by atoms with Gasteiger partial charge in [0.25, 0.3) is 5.91 Å². The number of aryl methyl sites for hydroxylation is 2. The van der Waals surface area contributed by atoms with Crippen LogP contribution in [-0.4, -0.2) is 49.4 Å². The molecular weight excluding hydrogens is 492 g/mol. The topological polar surface area (TPSA) is 133 Å². The molecule has 4 N–H and O–H groups in total. The van der Waals surface area contributed by atoms with E-state index in [-0.39, 0.29) is 29.4 Å². The average Bonchev–Trinajstić information content (AvgIpc) is 3.56. The van der Waals surface area contributed by atoms with Crippen molar-refractivity contribution in [2.45, 2.75) is 13.8 Å². The molecule has 0 radical (unpaired) electrons. The number of aliphatic hydroxyl groups is 1. The van der Waals surface area contributed by atoms with Gasteiger partial charge in [-0.15, -0.1) is 11.3 Å². The van der Waals surface area contributed by atoms with Gasteiger partial charge in [-0.3, -0.25) is 4.79 Å². The van der Waals surface area contributed by atoms with Crippen molar-refractivity contribution >= 4 is 33.4 Å². The molecule has 0 saturated carbocycles. The lowest BCUT2D eigenvalue weighted by Gasteiger charge is -2.16. The van der Waals surface area contributed by atoms with Gasteiger partial charge in [0.1, 0.15) is 23.1 Å². The molecule has 1 amide bonds. The van der Waals surface area contributed by atoms with Crippen LogP contribution in [0.4, 0.5) is 0 Å². The maximum absolute atomic E-state index is 12.0. The van der Waals surface area contributed by atoms with Gasteiger partial charge in [0.2, 0.25) is 0 Å². The highest BCUT2D eigenvalue weighted by atomic mass is 32.1. The molecule has 188 valence electrons. The Balaban J connectivity index is 1.71. The lowest BCUT2D eigenvalue weighted by atomic mass is 10.0. The normalized spacial score (nSPS) is 11.2. The number of amides is 1. The maximum Gasteiger partial charge on any atom is 0.345 e. The van der Waals surface area contributed by atoms with Crippen molar-refractivity contribution < 1.29 is 24.5 Å². The van der Waals surface area contributed by atoms with Gasteiger partial charge in [-0.05, 0) is 55.8 Å². The van der Waals surface area contributed by atoms with Crippen molar-refractivity contribution in [3.63, 3.8) is 0 Å². The number of carboxylic acids is 1. The van der Waals surface area contributed by atoms with E-state index < -0.39 is 11.9 Å². The number of carbonyl (C=O) groups is 2. The number of hydrogen-bond donors (Lipinski definition) is 3. The van der Waals surface area contributed by atoms with E-state index in [1.54, 1.807) is 30.5 Å². The molecule has 0 atom stereocenters. The van der Waals surface area contributed by atoms with Gasteiger partial charge >= 0.3 is 5.97 Å². The number of carbonyl (C=O) groups excluding carboxylic acids is 1. The number of nitrogens with two attached hydrogens (primary N) is 1. The van der Waals surface area contributed by atoms with Gasteiger partial charge < -0.3 is 29.8 Å². The quantitative estimate of drug-likeness (QED) is 0.281. The Morgan fingerprint density at radius 3 is 2.51 bits per heavy atom. The Morgan fingerprint density at radius 2 is 1.86 bits per heavy atom. The Morgan fingerprint density at radius 1 is 1.08 bits per heavy atom. The first-order chi connectivity index (χ1) is 17.8. The molecule has 0 aliphatic heterocycles. The number of primary amides is 1. The molecule has 0 bridgehead atoms. The summed E-state index contributed by atoms with van der Waals surface area (Å²) in [6, 6.07) is 14.7. The molecule has 0 fully saturated rings. The van der Waals surface area contributed by atoms with Crippen molar-refractivity contribution in [3.05, 3.63) is 82.8 Å². The number of aliphatic hydroxyl groups excluding tert-OH is 1. The third kappa shape index (κ3) is 4.37. The lowest BCUT2D eigenvalue weighted by Crippen LogP contribution is -2.14. The molecule has 0 saturated heterocycles. The molecule has 3 heterocycles. The first-order valence-corrected chi connectivity index (χ1v) is 12.3. The molecule has 0 aliphatic rings. The molecule has 2 aromatic carbocycles.